The van der Waals surface area contributed by atoms with Gasteiger partial charge in [0.05, 0.1) is 18.9 Å². The molecular formula is C41H50N6O27S5. The number of benzene rings is 3. The van der Waals surface area contributed by atoms with Gasteiger partial charge in [-0.2, -0.15) is 42.1 Å². The number of hydrogen-bond donors (Lipinski definition) is 12. The second-order valence-corrected chi connectivity index (χ2v) is 22.9. The van der Waals surface area contributed by atoms with Crippen LogP contribution in [0, 0.1) is 5.92 Å². The Bertz CT molecular complexity index is 3340. The number of nitrogens with two attached hydrogens (primary N) is 1. The maximum Gasteiger partial charge on any atom is 0.446 e. The molecule has 6 atom stereocenters. The highest BCUT2D eigenvalue weighted by atomic mass is 32.3. The lowest BCUT2D eigenvalue weighted by Gasteiger charge is -2.27. The number of carboxylic acids is 1. The number of rotatable bonds is 29. The molecule has 0 saturated carbocycles. The smallest absolute Gasteiger partial charge is 0.446 e. The van der Waals surface area contributed by atoms with E-state index in [1.165, 1.54) is 26.0 Å². The lowest BCUT2D eigenvalue weighted by atomic mass is 10.0. The van der Waals surface area contributed by atoms with Gasteiger partial charge in [0.1, 0.15) is 47.5 Å². The predicted octanol–water partition coefficient (Wildman–Crippen LogP) is -3.25. The van der Waals surface area contributed by atoms with E-state index in [4.69, 9.17) is 19.4 Å². The monoisotopic (exact) mass is 1220 g/mol. The zero-order valence-corrected chi connectivity index (χ0v) is 44.7. The van der Waals surface area contributed by atoms with Crippen molar-refractivity contribution in [3.05, 3.63) is 89.5 Å². The van der Waals surface area contributed by atoms with E-state index in [-0.39, 0.29) is 22.4 Å². The van der Waals surface area contributed by atoms with Gasteiger partial charge < -0.3 is 50.0 Å². The van der Waals surface area contributed by atoms with E-state index in [9.17, 15) is 94.7 Å². The van der Waals surface area contributed by atoms with Gasteiger partial charge in [0.2, 0.25) is 29.5 Å². The van der Waals surface area contributed by atoms with E-state index >= 15 is 0 Å². The third-order valence-electron chi connectivity index (χ3n) is 10.2. The minimum Gasteiger partial charge on any atom is -0.480 e. The first-order valence-electron chi connectivity index (χ1n) is 22.0. The highest BCUT2D eigenvalue weighted by Gasteiger charge is 2.37. The van der Waals surface area contributed by atoms with E-state index < -0.39 is 189 Å². The number of hydrogen-bond acceptors (Lipinski definition) is 22. The molecule has 3 aromatic rings. The topological polar surface area (TPSA) is 542 Å². The highest BCUT2D eigenvalue weighted by Crippen LogP contribution is 2.19. The van der Waals surface area contributed by atoms with Crippen molar-refractivity contribution < 1.29 is 121 Å². The molecule has 0 saturated heterocycles. The third-order valence-corrected chi connectivity index (χ3v) is 12.9. The Hall–Kier alpha value is -7.27. The van der Waals surface area contributed by atoms with Crippen LogP contribution in [-0.2, 0) is 109 Å². The average molecular weight is 1220 g/mol. The summed E-state index contributed by atoms with van der Waals surface area (Å²) in [5, 5.41) is 16.2. The van der Waals surface area contributed by atoms with Crippen molar-refractivity contribution >= 4 is 97.2 Å². The number of aliphatic carboxylic acids is 1. The molecule has 436 valence electrons. The first-order valence-corrected chi connectivity index (χ1v) is 28.9. The van der Waals surface area contributed by atoms with Crippen molar-refractivity contribution in [1.82, 2.24) is 26.6 Å². The molecule has 79 heavy (non-hydrogen) atoms. The Labute approximate surface area is 449 Å². The van der Waals surface area contributed by atoms with Gasteiger partial charge >= 0.3 is 57.4 Å². The minimum absolute atomic E-state index is 0.00338. The van der Waals surface area contributed by atoms with Crippen LogP contribution in [0.5, 0.6) is 17.2 Å². The van der Waals surface area contributed by atoms with Crippen molar-refractivity contribution in [2.75, 3.05) is 0 Å². The van der Waals surface area contributed by atoms with E-state index in [2.05, 4.69) is 28.5 Å². The zero-order chi connectivity index (χ0) is 60.0. The lowest BCUT2D eigenvalue weighted by molar-refractivity contribution is -0.142. The molecule has 33 nitrogen and oxygen atoms in total. The van der Waals surface area contributed by atoms with Gasteiger partial charge in [0.15, 0.2) is 0 Å². The van der Waals surface area contributed by atoms with E-state index in [0.29, 0.717) is 0 Å². The van der Waals surface area contributed by atoms with Crippen molar-refractivity contribution in [3.63, 3.8) is 0 Å². The maximum atomic E-state index is 14.1. The number of carboxylic acid groups (broad SMARTS) is 1. The molecule has 13 N–H and O–H groups in total. The van der Waals surface area contributed by atoms with Crippen molar-refractivity contribution in [2.24, 2.45) is 11.7 Å². The molecule has 0 aliphatic carbocycles. The van der Waals surface area contributed by atoms with Gasteiger partial charge in [-0.15, -0.1) is 0 Å². The van der Waals surface area contributed by atoms with Gasteiger partial charge in [0.25, 0.3) is 10.2 Å². The van der Waals surface area contributed by atoms with Crippen LogP contribution in [0.2, 0.25) is 0 Å². The molecule has 0 aliphatic heterocycles. The number of carbonyl (C=O) groups excluding carboxylic acids is 7. The molecule has 0 heterocycles. The van der Waals surface area contributed by atoms with Gasteiger partial charge in [0, 0.05) is 12.8 Å². The Balaban J connectivity index is 2.01. The summed E-state index contributed by atoms with van der Waals surface area (Å²) in [6.07, 6.45) is -5.30. The molecule has 0 radical (unpaired) electrons. The van der Waals surface area contributed by atoms with Crippen LogP contribution in [0.25, 0.3) is 0 Å². The Morgan fingerprint density at radius 3 is 1.04 bits per heavy atom. The summed E-state index contributed by atoms with van der Waals surface area (Å²) in [6, 6.07) is 0.577. The van der Waals surface area contributed by atoms with E-state index in [1.54, 1.807) is 0 Å². The molecule has 0 bridgehead atoms. The first-order chi connectivity index (χ1) is 36.2. The summed E-state index contributed by atoms with van der Waals surface area (Å²) in [7, 11) is -26.2. The standard InChI is InChI=1S/C41H50N6O27S5/c1-21(2)15-29(44-39(53)31(19-34(48)75(57,58)59)43-36(50)28(42)16-22-3-9-25(10-4-22)72-77(63,64)65)37(51)46-32(20-35(49)76(60,61)62)40(54)45-30(17-23-5-11-26(12-6-23)73-78(66,67)68)38(52)47-33(41(55)56)18-24-7-13-27(14-8-24)74-79(69,70)71/h3-14,21,28-33H,15-20,42H2,1-2H3,(H,43,50)(H,44,53)(H,45,54)(H,46,51)(H,47,52)(H,55,56)(H,57,58,59)(H,60,61,62)(H,63,64,65)(H,66,67,68)(H,69,70,71)/t28-,29-,30-,31-,32-,33-/m0/s1. The molecule has 3 rings (SSSR count). The number of amides is 5. The minimum atomic E-state index is -5.68. The fraction of sp³-hybridized carbons (Fsp3) is 0.366. The SMILES string of the molecule is CC(C)C[C@H](NC(=O)[C@H](CC(=O)S(=O)(=O)O)NC(=O)[C@@H](N)Cc1ccc(OS(=O)(=O)O)cc1)C(=O)N[C@@H](CC(=O)S(=O)(=O)O)C(=O)N[C@@H](Cc1ccc(OS(=O)(=O)O)cc1)C(=O)N[C@@H](Cc1ccc(OS(=O)(=O)O)cc1)C(=O)O. The summed E-state index contributed by atoms with van der Waals surface area (Å²) in [5.41, 5.74) is 6.27. The Kier molecular flexibility index (Phi) is 23.0. The van der Waals surface area contributed by atoms with Gasteiger partial charge in [-0.05, 0) is 71.8 Å². The average Bonchev–Trinajstić information content (AvgIpc) is 3.29. The molecule has 5 amide bonds. The second-order valence-electron chi connectivity index (χ2n) is 17.1. The van der Waals surface area contributed by atoms with Crippen molar-refractivity contribution in [2.45, 2.75) is 88.6 Å². The van der Waals surface area contributed by atoms with Gasteiger partial charge in [-0.3, -0.25) is 56.3 Å². The van der Waals surface area contributed by atoms with E-state index in [1.807, 2.05) is 10.6 Å². The molecule has 0 unspecified atom stereocenters. The largest absolute Gasteiger partial charge is 0.480 e. The lowest BCUT2D eigenvalue weighted by Crippen LogP contribution is -2.60. The van der Waals surface area contributed by atoms with Crippen LogP contribution in [-0.4, -0.2) is 152 Å². The zero-order valence-electron chi connectivity index (χ0n) is 40.6. The molecule has 0 aliphatic rings. The van der Waals surface area contributed by atoms with Gasteiger partial charge in [-0.25, -0.2) is 4.79 Å². The summed E-state index contributed by atoms with van der Waals surface area (Å²) in [4.78, 5) is 107. The number of nitrogens with one attached hydrogen (secondary N) is 5. The fourth-order valence-corrected chi connectivity index (χ4v) is 8.49. The maximum absolute atomic E-state index is 14.1. The molecule has 0 aromatic heterocycles. The normalized spacial score (nSPS) is 14.4. The van der Waals surface area contributed by atoms with Crippen LogP contribution < -0.4 is 44.9 Å². The fourth-order valence-electron chi connectivity index (χ4n) is 6.67. The molecule has 0 spiro atoms. The van der Waals surface area contributed by atoms with Crippen molar-refractivity contribution in [3.8, 4) is 17.2 Å². The predicted molar refractivity (Wildman–Crippen MR) is 264 cm³/mol. The summed E-state index contributed by atoms with van der Waals surface area (Å²) in [5.74, 6) is -10.9. The van der Waals surface area contributed by atoms with Crippen LogP contribution in [0.1, 0.15) is 49.8 Å². The second kappa shape index (κ2) is 27.5. The van der Waals surface area contributed by atoms with Gasteiger partial charge in [-0.1, -0.05) is 50.2 Å². The van der Waals surface area contributed by atoms with Crippen LogP contribution in [0.4, 0.5) is 0 Å². The van der Waals surface area contributed by atoms with Crippen LogP contribution in [0.15, 0.2) is 72.8 Å². The third kappa shape index (κ3) is 24.1. The number of carbonyl (C=O) groups is 8. The Morgan fingerprint density at radius 2 is 0.709 bits per heavy atom. The molecule has 0 fully saturated rings. The summed E-state index contributed by atoms with van der Waals surface area (Å²) >= 11 is 0. The van der Waals surface area contributed by atoms with Crippen LogP contribution in [0.3, 0.4) is 0 Å². The molecule has 3 aromatic carbocycles. The quantitative estimate of drug-likeness (QED) is 0.0304. The van der Waals surface area contributed by atoms with E-state index in [0.717, 1.165) is 60.7 Å². The Morgan fingerprint density at radius 1 is 0.430 bits per heavy atom. The first kappa shape index (κ1) is 66.0. The molecular weight excluding hydrogens is 1170 g/mol. The summed E-state index contributed by atoms with van der Waals surface area (Å²) in [6.45, 7) is 2.92. The molecule has 38 heteroatoms. The van der Waals surface area contributed by atoms with Crippen LogP contribution >= 0.6 is 0 Å². The van der Waals surface area contributed by atoms with Crippen molar-refractivity contribution in [1.29, 1.82) is 0 Å². The summed E-state index contributed by atoms with van der Waals surface area (Å²) < 4.78 is 173. The highest BCUT2D eigenvalue weighted by molar-refractivity contribution is 8.01.